The highest BCUT2D eigenvalue weighted by atomic mass is 79.9. The predicted octanol–water partition coefficient (Wildman–Crippen LogP) is 5.02. The molecule has 0 aliphatic heterocycles. The summed E-state index contributed by atoms with van der Waals surface area (Å²) in [6, 6.07) is 16.6. The van der Waals surface area contributed by atoms with E-state index in [0.717, 1.165) is 20.5 Å². The smallest absolute Gasteiger partial charge is 0.254 e. The number of hydrogen-bond donors (Lipinski definition) is 1. The van der Waals surface area contributed by atoms with E-state index in [2.05, 4.69) is 21.2 Å². The van der Waals surface area contributed by atoms with Gasteiger partial charge in [-0.25, -0.2) is 0 Å². The Labute approximate surface area is 168 Å². The number of amides is 1. The quantitative estimate of drug-likeness (QED) is 0.572. The molecule has 132 valence electrons. The number of rotatable bonds is 4. The third-order valence-corrected chi connectivity index (χ3v) is 5.62. The van der Waals surface area contributed by atoms with Crippen LogP contribution in [0.4, 0.5) is 5.69 Å². The van der Waals surface area contributed by atoms with E-state index in [4.69, 9.17) is 12.2 Å². The maximum Gasteiger partial charge on any atom is 0.254 e. The summed E-state index contributed by atoms with van der Waals surface area (Å²) in [5.74, 6) is -0.288. The van der Waals surface area contributed by atoms with Crippen LogP contribution in [0, 0.1) is 10.9 Å². The number of carbonyl (C=O) groups excluding carboxylic acids is 1. The fourth-order valence-corrected chi connectivity index (χ4v) is 4.05. The maximum absolute atomic E-state index is 12.5. The molecule has 0 aliphatic carbocycles. The van der Waals surface area contributed by atoms with Crippen molar-refractivity contribution in [2.75, 3.05) is 5.32 Å². The van der Waals surface area contributed by atoms with Crippen LogP contribution in [0.15, 0.2) is 63.9 Å². The molecule has 0 aliphatic rings. The molecular formula is C19H15BrN2O2S2. The van der Waals surface area contributed by atoms with Crippen LogP contribution in [0.5, 0.6) is 0 Å². The van der Waals surface area contributed by atoms with Gasteiger partial charge in [0, 0.05) is 21.1 Å². The van der Waals surface area contributed by atoms with Crippen molar-refractivity contribution in [3.05, 3.63) is 78.9 Å². The van der Waals surface area contributed by atoms with E-state index in [1.54, 1.807) is 0 Å². The topological polar surface area (TPSA) is 51.1 Å². The average molecular weight is 447 g/mol. The van der Waals surface area contributed by atoms with Crippen molar-refractivity contribution < 1.29 is 4.79 Å². The first-order chi connectivity index (χ1) is 12.4. The molecule has 0 atom stereocenters. The normalized spacial score (nSPS) is 10.5. The molecule has 3 aromatic rings. The van der Waals surface area contributed by atoms with Gasteiger partial charge in [0.05, 0.1) is 0 Å². The van der Waals surface area contributed by atoms with Gasteiger partial charge in [0.15, 0.2) is 3.95 Å². The number of nitrogens with one attached hydrogen (secondary N) is 1. The van der Waals surface area contributed by atoms with E-state index in [1.807, 2.05) is 55.5 Å². The number of anilines is 1. The van der Waals surface area contributed by atoms with Gasteiger partial charge in [-0.05, 0) is 49.0 Å². The van der Waals surface area contributed by atoms with Crippen molar-refractivity contribution >= 4 is 51.1 Å². The molecule has 3 rings (SSSR count). The second-order valence-corrected chi connectivity index (χ2v) is 8.32. The molecular weight excluding hydrogens is 432 g/mol. The maximum atomic E-state index is 12.5. The van der Waals surface area contributed by atoms with Crippen LogP contribution >= 0.6 is 39.5 Å². The second kappa shape index (κ2) is 8.07. The highest BCUT2D eigenvalue weighted by Gasteiger charge is 2.10. The number of nitrogens with zero attached hydrogens (tertiary/aromatic N) is 1. The summed E-state index contributed by atoms with van der Waals surface area (Å²) in [5, 5.41) is 2.78. The van der Waals surface area contributed by atoms with Crippen LogP contribution in [0.2, 0.25) is 0 Å². The number of carbonyl (C=O) groups is 1. The van der Waals surface area contributed by atoms with E-state index < -0.39 is 0 Å². The first-order valence-corrected chi connectivity index (χ1v) is 9.81. The fraction of sp³-hybridized carbons (Fsp3) is 0.105. The summed E-state index contributed by atoms with van der Waals surface area (Å²) in [6.07, 6.45) is 0. The third kappa shape index (κ3) is 4.55. The standard InChI is InChI=1S/C19H15BrN2O2S2/c1-12-5-7-15(8-6-12)21-17(23)11-22-18(24)10-16(26-19(22)25)13-3-2-4-14(20)9-13/h2-10H,11H2,1H3,(H,21,23). The molecule has 0 saturated carbocycles. The van der Waals surface area contributed by atoms with Gasteiger partial charge in [-0.3, -0.25) is 14.2 Å². The van der Waals surface area contributed by atoms with Crippen LogP contribution in [0.25, 0.3) is 10.4 Å². The molecule has 4 nitrogen and oxygen atoms in total. The number of hydrogen-bond acceptors (Lipinski definition) is 4. The minimum Gasteiger partial charge on any atom is -0.325 e. The lowest BCUT2D eigenvalue weighted by atomic mass is 10.2. The second-order valence-electron chi connectivity index (χ2n) is 5.73. The van der Waals surface area contributed by atoms with Gasteiger partial charge in [-0.2, -0.15) is 0 Å². The first kappa shape index (κ1) is 18.7. The van der Waals surface area contributed by atoms with Crippen LogP contribution in [-0.4, -0.2) is 10.5 Å². The molecule has 1 heterocycles. The van der Waals surface area contributed by atoms with Gasteiger partial charge in [-0.1, -0.05) is 45.8 Å². The van der Waals surface area contributed by atoms with Crippen LogP contribution in [0.1, 0.15) is 5.56 Å². The molecule has 7 heteroatoms. The van der Waals surface area contributed by atoms with Crippen LogP contribution in [0.3, 0.4) is 0 Å². The van der Waals surface area contributed by atoms with E-state index in [1.165, 1.54) is 22.0 Å². The predicted molar refractivity (Wildman–Crippen MR) is 112 cm³/mol. The molecule has 0 unspecified atom stereocenters. The van der Waals surface area contributed by atoms with E-state index in [9.17, 15) is 9.59 Å². The van der Waals surface area contributed by atoms with E-state index >= 15 is 0 Å². The Morgan fingerprint density at radius 1 is 1.19 bits per heavy atom. The molecule has 0 bridgehead atoms. The highest BCUT2D eigenvalue weighted by molar-refractivity contribution is 9.10. The fourth-order valence-electron chi connectivity index (χ4n) is 2.37. The Morgan fingerprint density at radius 3 is 2.58 bits per heavy atom. The zero-order chi connectivity index (χ0) is 18.7. The van der Waals surface area contributed by atoms with Gasteiger partial charge >= 0.3 is 0 Å². The molecule has 2 aromatic carbocycles. The monoisotopic (exact) mass is 446 g/mol. The van der Waals surface area contributed by atoms with Crippen LogP contribution in [-0.2, 0) is 11.3 Å². The summed E-state index contributed by atoms with van der Waals surface area (Å²) in [5.41, 5.74) is 2.41. The summed E-state index contributed by atoms with van der Waals surface area (Å²) in [6.45, 7) is 1.86. The number of aromatic nitrogens is 1. The largest absolute Gasteiger partial charge is 0.325 e. The van der Waals surface area contributed by atoms with E-state index in [0.29, 0.717) is 9.64 Å². The highest BCUT2D eigenvalue weighted by Crippen LogP contribution is 2.25. The van der Waals surface area contributed by atoms with Crippen molar-refractivity contribution in [1.29, 1.82) is 0 Å². The minimum atomic E-state index is -0.289. The minimum absolute atomic E-state index is 0.110. The molecule has 1 amide bonds. The number of aryl methyl sites for hydroxylation is 1. The van der Waals surface area contributed by atoms with Crippen molar-refractivity contribution in [3.63, 3.8) is 0 Å². The number of halogens is 1. The third-order valence-electron chi connectivity index (χ3n) is 3.68. The summed E-state index contributed by atoms with van der Waals surface area (Å²) < 4.78 is 2.60. The first-order valence-electron chi connectivity index (χ1n) is 7.80. The summed E-state index contributed by atoms with van der Waals surface area (Å²) >= 11 is 10.1. The lowest BCUT2D eigenvalue weighted by molar-refractivity contribution is -0.116. The van der Waals surface area contributed by atoms with Crippen molar-refractivity contribution in [1.82, 2.24) is 4.57 Å². The molecule has 1 aromatic heterocycles. The Morgan fingerprint density at radius 2 is 1.92 bits per heavy atom. The Hall–Kier alpha value is -2.09. The summed E-state index contributed by atoms with van der Waals surface area (Å²) in [4.78, 5) is 25.5. The SMILES string of the molecule is Cc1ccc(NC(=O)Cn2c(=O)cc(-c3cccc(Br)c3)sc2=S)cc1. The van der Waals surface area contributed by atoms with Gasteiger partial charge in [0.25, 0.3) is 5.56 Å². The van der Waals surface area contributed by atoms with Crippen molar-refractivity contribution in [2.45, 2.75) is 13.5 Å². The Balaban J connectivity index is 1.82. The Bertz CT molecular complexity index is 1040. The molecule has 0 saturated heterocycles. The van der Waals surface area contributed by atoms with Crippen molar-refractivity contribution in [3.8, 4) is 10.4 Å². The summed E-state index contributed by atoms with van der Waals surface area (Å²) in [7, 11) is 0. The lowest BCUT2D eigenvalue weighted by Gasteiger charge is -2.09. The molecule has 0 fully saturated rings. The van der Waals surface area contributed by atoms with Crippen molar-refractivity contribution in [2.24, 2.45) is 0 Å². The molecule has 1 N–H and O–H groups in total. The van der Waals surface area contributed by atoms with E-state index in [-0.39, 0.29) is 18.0 Å². The van der Waals surface area contributed by atoms with Gasteiger partial charge in [0.2, 0.25) is 5.91 Å². The van der Waals surface area contributed by atoms with Gasteiger partial charge in [0.1, 0.15) is 6.54 Å². The average Bonchev–Trinajstić information content (AvgIpc) is 2.60. The molecule has 0 radical (unpaired) electrons. The zero-order valence-corrected chi connectivity index (χ0v) is 17.1. The Kier molecular flexibility index (Phi) is 5.80. The molecule has 26 heavy (non-hydrogen) atoms. The number of benzene rings is 2. The lowest BCUT2D eigenvalue weighted by Crippen LogP contribution is -2.27. The molecule has 0 spiro atoms. The van der Waals surface area contributed by atoms with Crippen LogP contribution < -0.4 is 10.9 Å². The zero-order valence-electron chi connectivity index (χ0n) is 13.9. The van der Waals surface area contributed by atoms with Gasteiger partial charge < -0.3 is 5.32 Å². The van der Waals surface area contributed by atoms with Gasteiger partial charge in [-0.15, -0.1) is 11.3 Å².